The molecule has 0 spiro atoms. The summed E-state index contributed by atoms with van der Waals surface area (Å²) in [7, 11) is 1.48. The lowest BCUT2D eigenvalue weighted by atomic mass is 10.2. The topological polar surface area (TPSA) is 74.4 Å². The highest BCUT2D eigenvalue weighted by molar-refractivity contribution is 9.10. The Morgan fingerprint density at radius 2 is 2.15 bits per heavy atom. The summed E-state index contributed by atoms with van der Waals surface area (Å²) in [6, 6.07) is 8.41. The number of aromatic nitrogens is 1. The maximum atomic E-state index is 12.0. The number of halogens is 1. The Bertz CT molecular complexity index is 614. The molecule has 0 saturated carbocycles. The van der Waals surface area contributed by atoms with E-state index in [9.17, 15) is 4.79 Å². The summed E-state index contributed by atoms with van der Waals surface area (Å²) >= 11 is 3.29. The highest BCUT2D eigenvalue weighted by Crippen LogP contribution is 2.22. The van der Waals surface area contributed by atoms with E-state index < -0.39 is 5.97 Å². The molecule has 1 heterocycles. The number of nitrogen functional groups attached to an aromatic ring is 1. The first-order valence-corrected chi connectivity index (χ1v) is 6.60. The fraction of sp³-hybridized carbons (Fsp3) is 0.143. The van der Waals surface area contributed by atoms with E-state index in [1.807, 2.05) is 6.07 Å². The molecule has 2 aromatic rings. The van der Waals surface area contributed by atoms with Gasteiger partial charge in [-0.2, -0.15) is 0 Å². The SMILES string of the molecule is COc1ccc(N)cc1C(=O)OCc1ccc(Br)cn1. The maximum absolute atomic E-state index is 12.0. The highest BCUT2D eigenvalue weighted by Gasteiger charge is 2.14. The van der Waals surface area contributed by atoms with E-state index in [4.69, 9.17) is 15.2 Å². The molecule has 0 fully saturated rings. The van der Waals surface area contributed by atoms with Gasteiger partial charge in [0.05, 0.1) is 12.8 Å². The van der Waals surface area contributed by atoms with Crippen molar-refractivity contribution in [3.63, 3.8) is 0 Å². The lowest BCUT2D eigenvalue weighted by Gasteiger charge is -2.09. The number of carbonyl (C=O) groups excluding carboxylic acids is 1. The van der Waals surface area contributed by atoms with Crippen LogP contribution in [0.15, 0.2) is 41.0 Å². The van der Waals surface area contributed by atoms with Crippen molar-refractivity contribution in [2.75, 3.05) is 12.8 Å². The van der Waals surface area contributed by atoms with Gasteiger partial charge in [-0.15, -0.1) is 0 Å². The van der Waals surface area contributed by atoms with Gasteiger partial charge in [-0.25, -0.2) is 4.79 Å². The van der Waals surface area contributed by atoms with Crippen molar-refractivity contribution in [1.82, 2.24) is 4.98 Å². The first-order chi connectivity index (χ1) is 9.60. The number of nitrogens with zero attached hydrogens (tertiary/aromatic N) is 1. The molecule has 0 atom stereocenters. The molecule has 0 bridgehead atoms. The Balaban J connectivity index is 2.08. The zero-order valence-corrected chi connectivity index (χ0v) is 12.4. The second-order valence-electron chi connectivity index (χ2n) is 4.00. The molecule has 1 aromatic heterocycles. The number of carbonyl (C=O) groups is 1. The van der Waals surface area contributed by atoms with Gasteiger partial charge in [0.15, 0.2) is 0 Å². The number of hydrogen-bond acceptors (Lipinski definition) is 5. The molecule has 104 valence electrons. The van der Waals surface area contributed by atoms with Gasteiger partial charge >= 0.3 is 5.97 Å². The number of methoxy groups -OCH3 is 1. The van der Waals surface area contributed by atoms with Crippen molar-refractivity contribution in [1.29, 1.82) is 0 Å². The Morgan fingerprint density at radius 3 is 2.80 bits per heavy atom. The minimum absolute atomic E-state index is 0.0874. The normalized spacial score (nSPS) is 10.1. The molecule has 0 amide bonds. The number of hydrogen-bond donors (Lipinski definition) is 1. The molecule has 0 saturated heterocycles. The molecular weight excluding hydrogens is 324 g/mol. The summed E-state index contributed by atoms with van der Waals surface area (Å²) in [4.78, 5) is 16.1. The largest absolute Gasteiger partial charge is 0.496 e. The second kappa shape index (κ2) is 6.38. The van der Waals surface area contributed by atoms with E-state index in [-0.39, 0.29) is 6.61 Å². The van der Waals surface area contributed by atoms with Gasteiger partial charge in [0, 0.05) is 16.4 Å². The van der Waals surface area contributed by atoms with Crippen LogP contribution in [0.4, 0.5) is 5.69 Å². The standard InChI is InChI=1S/C14H13BrN2O3/c1-19-13-5-3-10(16)6-12(13)14(18)20-8-11-4-2-9(15)7-17-11/h2-7H,8,16H2,1H3. The van der Waals surface area contributed by atoms with Crippen molar-refractivity contribution >= 4 is 27.6 Å². The predicted molar refractivity (Wildman–Crippen MR) is 78.5 cm³/mol. The third kappa shape index (κ3) is 3.48. The molecular formula is C14H13BrN2O3. The smallest absolute Gasteiger partial charge is 0.342 e. The zero-order valence-electron chi connectivity index (χ0n) is 10.8. The Kier molecular flexibility index (Phi) is 4.57. The molecule has 1 aromatic carbocycles. The van der Waals surface area contributed by atoms with Crippen LogP contribution in [0.2, 0.25) is 0 Å². The molecule has 20 heavy (non-hydrogen) atoms. The number of rotatable bonds is 4. The first kappa shape index (κ1) is 14.3. The molecule has 2 N–H and O–H groups in total. The van der Waals surface area contributed by atoms with Crippen molar-refractivity contribution in [3.05, 3.63) is 52.3 Å². The molecule has 0 radical (unpaired) electrons. The van der Waals surface area contributed by atoms with Crippen LogP contribution in [-0.4, -0.2) is 18.1 Å². The summed E-state index contributed by atoms with van der Waals surface area (Å²) in [6.45, 7) is 0.0874. The molecule has 0 unspecified atom stereocenters. The molecule has 0 aliphatic heterocycles. The summed E-state index contributed by atoms with van der Waals surface area (Å²) in [5, 5.41) is 0. The monoisotopic (exact) mass is 336 g/mol. The van der Waals surface area contributed by atoms with Crippen molar-refractivity contribution in [2.24, 2.45) is 0 Å². The minimum atomic E-state index is -0.501. The summed E-state index contributed by atoms with van der Waals surface area (Å²) < 4.78 is 11.2. The second-order valence-corrected chi connectivity index (χ2v) is 4.92. The van der Waals surface area contributed by atoms with Crippen LogP contribution in [0, 0.1) is 0 Å². The number of anilines is 1. The van der Waals surface area contributed by atoms with E-state index in [2.05, 4.69) is 20.9 Å². The quantitative estimate of drug-likeness (QED) is 0.686. The molecule has 5 nitrogen and oxygen atoms in total. The third-order valence-electron chi connectivity index (χ3n) is 2.58. The molecule has 0 aliphatic rings. The first-order valence-electron chi connectivity index (χ1n) is 5.81. The molecule has 2 rings (SSSR count). The van der Waals surface area contributed by atoms with Crippen molar-refractivity contribution in [3.8, 4) is 5.75 Å². The highest BCUT2D eigenvalue weighted by atomic mass is 79.9. The maximum Gasteiger partial charge on any atom is 0.342 e. The average Bonchev–Trinajstić information content (AvgIpc) is 2.46. The van der Waals surface area contributed by atoms with Gasteiger partial charge in [0.25, 0.3) is 0 Å². The zero-order chi connectivity index (χ0) is 14.5. The predicted octanol–water partition coefficient (Wildman–Crippen LogP) is 2.79. The van der Waals surface area contributed by atoms with E-state index in [0.29, 0.717) is 22.7 Å². The van der Waals surface area contributed by atoms with Gasteiger partial charge in [-0.1, -0.05) is 0 Å². The Morgan fingerprint density at radius 1 is 1.35 bits per heavy atom. The van der Waals surface area contributed by atoms with Crippen LogP contribution in [0.25, 0.3) is 0 Å². The van der Waals surface area contributed by atoms with Crippen LogP contribution >= 0.6 is 15.9 Å². The van der Waals surface area contributed by atoms with Gasteiger partial charge in [-0.05, 0) is 46.3 Å². The van der Waals surface area contributed by atoms with Gasteiger partial charge in [0.2, 0.25) is 0 Å². The third-order valence-corrected chi connectivity index (χ3v) is 3.05. The fourth-order valence-corrected chi connectivity index (χ4v) is 1.83. The Hall–Kier alpha value is -2.08. The number of ether oxygens (including phenoxy) is 2. The van der Waals surface area contributed by atoms with Gasteiger partial charge < -0.3 is 15.2 Å². The van der Waals surface area contributed by atoms with E-state index in [1.54, 1.807) is 24.4 Å². The van der Waals surface area contributed by atoms with Crippen molar-refractivity contribution < 1.29 is 14.3 Å². The van der Waals surface area contributed by atoms with Crippen molar-refractivity contribution in [2.45, 2.75) is 6.61 Å². The number of pyridine rings is 1. The lowest BCUT2D eigenvalue weighted by molar-refractivity contribution is 0.0464. The Labute approximate surface area is 124 Å². The summed E-state index contributed by atoms with van der Waals surface area (Å²) in [5.74, 6) is -0.0770. The van der Waals surface area contributed by atoms with Gasteiger partial charge in [0.1, 0.15) is 17.9 Å². The van der Waals surface area contributed by atoms with E-state index in [0.717, 1.165) is 4.47 Å². The van der Waals surface area contributed by atoms with Gasteiger partial charge in [-0.3, -0.25) is 4.98 Å². The van der Waals surface area contributed by atoms with Crippen LogP contribution < -0.4 is 10.5 Å². The fourth-order valence-electron chi connectivity index (χ4n) is 1.59. The average molecular weight is 337 g/mol. The summed E-state index contributed by atoms with van der Waals surface area (Å²) in [6.07, 6.45) is 1.64. The number of esters is 1. The number of nitrogens with two attached hydrogens (primary N) is 1. The van der Waals surface area contributed by atoms with E-state index in [1.165, 1.54) is 13.2 Å². The van der Waals surface area contributed by atoms with Crippen LogP contribution in [-0.2, 0) is 11.3 Å². The minimum Gasteiger partial charge on any atom is -0.496 e. The van der Waals surface area contributed by atoms with Crippen LogP contribution in [0.5, 0.6) is 5.75 Å². The lowest BCUT2D eigenvalue weighted by Crippen LogP contribution is -2.08. The van der Waals surface area contributed by atoms with E-state index >= 15 is 0 Å². The van der Waals surface area contributed by atoms with Crippen LogP contribution in [0.3, 0.4) is 0 Å². The molecule has 0 aliphatic carbocycles. The van der Waals surface area contributed by atoms with Crippen LogP contribution in [0.1, 0.15) is 16.1 Å². The number of benzene rings is 1. The summed E-state index contributed by atoms with van der Waals surface area (Å²) in [5.41, 5.74) is 7.09. The molecule has 6 heteroatoms.